The first-order chi connectivity index (χ1) is 7.47. The molecule has 0 aromatic rings. The number of ether oxygens (including phenoxy) is 1. The van der Waals surface area contributed by atoms with Crippen molar-refractivity contribution in [2.75, 3.05) is 13.3 Å². The van der Waals surface area contributed by atoms with Crippen molar-refractivity contribution in [2.24, 2.45) is 5.92 Å². The molecule has 1 unspecified atom stereocenters. The van der Waals surface area contributed by atoms with Crippen molar-refractivity contribution in [3.63, 3.8) is 0 Å². The predicted molar refractivity (Wildman–Crippen MR) is 62.8 cm³/mol. The van der Waals surface area contributed by atoms with Crippen LogP contribution in [0.3, 0.4) is 0 Å². The number of nitrogens with one attached hydrogen (secondary N) is 1. The Morgan fingerprint density at radius 3 is 1.93 bits per heavy atom. The molecule has 1 atom stereocenters. The summed E-state index contributed by atoms with van der Waals surface area (Å²) < 4.78 is 5.75. The van der Waals surface area contributed by atoms with E-state index in [2.05, 4.69) is 5.32 Å². The lowest BCUT2D eigenvalue weighted by Crippen LogP contribution is -2.24. The molecule has 0 aromatic carbocycles. The van der Waals surface area contributed by atoms with E-state index in [4.69, 9.17) is 4.74 Å². The molecule has 88 valence electrons. The summed E-state index contributed by atoms with van der Waals surface area (Å²) in [6.07, 6.45) is 13.4. The van der Waals surface area contributed by atoms with Crippen LogP contribution in [0.15, 0.2) is 0 Å². The van der Waals surface area contributed by atoms with Gasteiger partial charge in [0.05, 0.1) is 12.8 Å². The first kappa shape index (κ1) is 11.4. The van der Waals surface area contributed by atoms with Crippen molar-refractivity contribution >= 4 is 0 Å². The summed E-state index contributed by atoms with van der Waals surface area (Å²) in [5.41, 5.74) is 0. The van der Waals surface area contributed by atoms with Crippen LogP contribution in [0.4, 0.5) is 0 Å². The van der Waals surface area contributed by atoms with Crippen molar-refractivity contribution in [1.29, 1.82) is 0 Å². The van der Waals surface area contributed by atoms with Gasteiger partial charge in [-0.05, 0) is 18.8 Å². The molecule has 1 N–H and O–H groups in total. The van der Waals surface area contributed by atoms with Crippen LogP contribution >= 0.6 is 0 Å². The van der Waals surface area contributed by atoms with Gasteiger partial charge in [0.25, 0.3) is 0 Å². The van der Waals surface area contributed by atoms with Gasteiger partial charge in [0.2, 0.25) is 0 Å². The Morgan fingerprint density at radius 1 is 0.800 bits per heavy atom. The molecule has 0 bridgehead atoms. The zero-order chi connectivity index (χ0) is 10.3. The molecule has 2 rings (SSSR count). The van der Waals surface area contributed by atoms with Crippen molar-refractivity contribution in [3.8, 4) is 0 Å². The number of rotatable bonds is 1. The molecule has 0 amide bonds. The van der Waals surface area contributed by atoms with Gasteiger partial charge in [-0.15, -0.1) is 0 Å². The largest absolute Gasteiger partial charge is 0.361 e. The first-order valence-electron chi connectivity index (χ1n) is 6.79. The quantitative estimate of drug-likeness (QED) is 0.719. The lowest BCUT2D eigenvalue weighted by Gasteiger charge is -2.23. The Labute approximate surface area is 93.8 Å². The van der Waals surface area contributed by atoms with Crippen LogP contribution in [0.5, 0.6) is 0 Å². The number of hydrogen-bond donors (Lipinski definition) is 1. The Hall–Kier alpha value is -0.0800. The molecule has 2 fully saturated rings. The highest BCUT2D eigenvalue weighted by molar-refractivity contribution is 4.76. The Morgan fingerprint density at radius 2 is 1.40 bits per heavy atom. The molecule has 1 aliphatic heterocycles. The van der Waals surface area contributed by atoms with Crippen LogP contribution in [0.25, 0.3) is 0 Å². The average Bonchev–Trinajstić information content (AvgIpc) is 2.79. The lowest BCUT2D eigenvalue weighted by molar-refractivity contribution is 0.0578. The van der Waals surface area contributed by atoms with E-state index < -0.39 is 0 Å². The van der Waals surface area contributed by atoms with Gasteiger partial charge in [-0.1, -0.05) is 44.9 Å². The highest BCUT2D eigenvalue weighted by Gasteiger charge is 2.24. The standard InChI is InChI=1S/C13H25NO/c1-2-4-6-8-12(9-7-5-3-1)13-10-14-11-15-13/h12-14H,1-11H2. The zero-order valence-corrected chi connectivity index (χ0v) is 9.84. The van der Waals surface area contributed by atoms with E-state index in [0.717, 1.165) is 19.2 Å². The summed E-state index contributed by atoms with van der Waals surface area (Å²) in [5, 5.41) is 3.31. The van der Waals surface area contributed by atoms with Gasteiger partial charge in [0, 0.05) is 6.54 Å². The maximum absolute atomic E-state index is 5.75. The van der Waals surface area contributed by atoms with E-state index in [9.17, 15) is 0 Å². The molecule has 0 aromatic heterocycles. The summed E-state index contributed by atoms with van der Waals surface area (Å²) in [6, 6.07) is 0. The average molecular weight is 211 g/mol. The maximum atomic E-state index is 5.75. The van der Waals surface area contributed by atoms with Crippen LogP contribution in [-0.2, 0) is 4.74 Å². The SMILES string of the molecule is C1CCCCC(C2CNCO2)CCCC1. The Kier molecular flexibility index (Phi) is 4.94. The molecule has 2 aliphatic rings. The van der Waals surface area contributed by atoms with E-state index in [1.165, 1.54) is 57.8 Å². The van der Waals surface area contributed by atoms with Crippen molar-refractivity contribution in [3.05, 3.63) is 0 Å². The van der Waals surface area contributed by atoms with E-state index in [1.54, 1.807) is 0 Å². The van der Waals surface area contributed by atoms with Gasteiger partial charge >= 0.3 is 0 Å². The summed E-state index contributed by atoms with van der Waals surface area (Å²) in [6.45, 7) is 1.87. The topological polar surface area (TPSA) is 21.3 Å². The summed E-state index contributed by atoms with van der Waals surface area (Å²) in [5.74, 6) is 0.832. The molecule has 1 aliphatic carbocycles. The van der Waals surface area contributed by atoms with Gasteiger partial charge in [-0.3, -0.25) is 5.32 Å². The Bertz CT molecular complexity index is 156. The number of hydrogen-bond acceptors (Lipinski definition) is 2. The fraction of sp³-hybridized carbons (Fsp3) is 1.00. The van der Waals surface area contributed by atoms with Crippen LogP contribution in [0.2, 0.25) is 0 Å². The van der Waals surface area contributed by atoms with E-state index >= 15 is 0 Å². The van der Waals surface area contributed by atoms with Crippen molar-refractivity contribution < 1.29 is 4.74 Å². The third-order valence-corrected chi connectivity index (χ3v) is 3.92. The highest BCUT2D eigenvalue weighted by atomic mass is 16.5. The van der Waals surface area contributed by atoms with Gasteiger partial charge < -0.3 is 4.74 Å². The molecule has 1 saturated heterocycles. The minimum Gasteiger partial charge on any atom is -0.361 e. The molecule has 0 spiro atoms. The van der Waals surface area contributed by atoms with Gasteiger partial charge in [-0.2, -0.15) is 0 Å². The predicted octanol–water partition coefficient (Wildman–Crippen LogP) is 3.07. The van der Waals surface area contributed by atoms with E-state index in [-0.39, 0.29) is 0 Å². The fourth-order valence-electron chi connectivity index (χ4n) is 2.94. The highest BCUT2D eigenvalue weighted by Crippen LogP contribution is 2.26. The maximum Gasteiger partial charge on any atom is 0.0970 e. The molecule has 2 nitrogen and oxygen atoms in total. The molecule has 0 radical (unpaired) electrons. The van der Waals surface area contributed by atoms with Crippen LogP contribution < -0.4 is 5.32 Å². The molecule has 2 heteroatoms. The minimum atomic E-state index is 0.518. The van der Waals surface area contributed by atoms with E-state index in [0.29, 0.717) is 6.10 Å². The minimum absolute atomic E-state index is 0.518. The molecule has 15 heavy (non-hydrogen) atoms. The van der Waals surface area contributed by atoms with Gasteiger partial charge in [0.1, 0.15) is 0 Å². The summed E-state index contributed by atoms with van der Waals surface area (Å²) in [4.78, 5) is 0. The third-order valence-electron chi connectivity index (χ3n) is 3.92. The molecule has 1 saturated carbocycles. The van der Waals surface area contributed by atoms with Gasteiger partial charge in [0.15, 0.2) is 0 Å². The van der Waals surface area contributed by atoms with Crippen LogP contribution in [0.1, 0.15) is 57.8 Å². The monoisotopic (exact) mass is 211 g/mol. The van der Waals surface area contributed by atoms with Crippen molar-refractivity contribution in [1.82, 2.24) is 5.32 Å². The molecular weight excluding hydrogens is 186 g/mol. The zero-order valence-electron chi connectivity index (χ0n) is 9.84. The second kappa shape index (κ2) is 6.49. The van der Waals surface area contributed by atoms with Crippen molar-refractivity contribution in [2.45, 2.75) is 63.9 Å². The molecule has 1 heterocycles. The van der Waals surface area contributed by atoms with Gasteiger partial charge in [-0.25, -0.2) is 0 Å². The second-order valence-electron chi connectivity index (χ2n) is 5.12. The summed E-state index contributed by atoms with van der Waals surface area (Å²) in [7, 11) is 0. The lowest BCUT2D eigenvalue weighted by atomic mass is 9.88. The first-order valence-corrected chi connectivity index (χ1v) is 6.79. The summed E-state index contributed by atoms with van der Waals surface area (Å²) >= 11 is 0. The van der Waals surface area contributed by atoms with E-state index in [1.807, 2.05) is 0 Å². The third kappa shape index (κ3) is 3.76. The Balaban J connectivity index is 1.78. The fourth-order valence-corrected chi connectivity index (χ4v) is 2.94. The van der Waals surface area contributed by atoms with Crippen LogP contribution in [-0.4, -0.2) is 19.4 Å². The second-order valence-corrected chi connectivity index (χ2v) is 5.12. The molecular formula is C13H25NO. The smallest absolute Gasteiger partial charge is 0.0970 e. The van der Waals surface area contributed by atoms with Crippen LogP contribution in [0, 0.1) is 5.92 Å². The normalized spacial score (nSPS) is 31.6.